The van der Waals surface area contributed by atoms with Crippen LogP contribution < -0.4 is 4.74 Å². The Kier molecular flexibility index (Phi) is 9.43. The van der Waals surface area contributed by atoms with Crippen LogP contribution in [0.15, 0.2) is 109 Å². The fraction of sp³-hybridized carbons (Fsp3) is 0.105. The maximum atomic E-state index is 13.5. The van der Waals surface area contributed by atoms with Crippen molar-refractivity contribution in [2.45, 2.75) is 26.2 Å². The number of alkyl halides is 6. The maximum Gasteiger partial charge on any atom is 0.416 e. The van der Waals surface area contributed by atoms with Gasteiger partial charge in [0, 0.05) is 25.0 Å². The number of Topliss-reactive ketones (excluding diaryl/α,β-unsaturated/α-hetero) is 2. The van der Waals surface area contributed by atoms with Crippen molar-refractivity contribution in [3.63, 3.8) is 0 Å². The molecule has 0 atom stereocenters. The quantitative estimate of drug-likeness (QED) is 0.102. The number of hydrogen-bond donors (Lipinski definition) is 0. The minimum absolute atomic E-state index is 0.0565. The van der Waals surface area contributed by atoms with E-state index < -0.39 is 46.6 Å². The third kappa shape index (κ3) is 7.68. The van der Waals surface area contributed by atoms with Crippen LogP contribution in [0.5, 0.6) is 11.5 Å². The van der Waals surface area contributed by atoms with Crippen LogP contribution in [-0.2, 0) is 12.4 Å². The molecule has 0 amide bonds. The summed E-state index contributed by atoms with van der Waals surface area (Å²) in [6.07, 6.45) is -9.13. The molecule has 0 unspecified atom stereocenters. The van der Waals surface area contributed by atoms with E-state index >= 15 is 0 Å². The zero-order valence-corrected chi connectivity index (χ0v) is 27.5. The number of benzene rings is 4. The first-order valence-electron chi connectivity index (χ1n) is 15.5. The number of ketones is 4. The number of nitrogens with zero attached hydrogens (tertiary/aromatic N) is 4. The standard InChI is InChI=1S/C38H24F6N4O5/c1-21(49)31-19-33(47(45-31)27-11-7-25(8-12-27)37(39,40)41)35(51)23-3-15-29(16-4-23)53-30-17-5-24(6-18-30)36(52)34-20-32(22(2)50)46-48(34)28-13-9-26(10-14-28)38(42,43)44/h3-20H,1-2H3. The maximum absolute atomic E-state index is 13.5. The lowest BCUT2D eigenvalue weighted by Crippen LogP contribution is -2.11. The van der Waals surface area contributed by atoms with Gasteiger partial charge in [0.1, 0.15) is 34.3 Å². The van der Waals surface area contributed by atoms with Crippen LogP contribution in [0.1, 0.15) is 78.1 Å². The summed E-state index contributed by atoms with van der Waals surface area (Å²) in [6, 6.07) is 22.2. The number of ether oxygens (including phenoxy) is 1. The Hall–Kier alpha value is -6.64. The van der Waals surface area contributed by atoms with Crippen molar-refractivity contribution in [2.24, 2.45) is 0 Å². The largest absolute Gasteiger partial charge is 0.457 e. The third-order valence-electron chi connectivity index (χ3n) is 7.95. The first-order chi connectivity index (χ1) is 25.0. The first kappa shape index (κ1) is 36.2. The molecule has 2 heterocycles. The minimum Gasteiger partial charge on any atom is -0.457 e. The number of rotatable bonds is 10. The number of aromatic nitrogens is 4. The molecule has 0 bridgehead atoms. The van der Waals surface area contributed by atoms with Gasteiger partial charge >= 0.3 is 12.4 Å². The van der Waals surface area contributed by atoms with Crippen molar-refractivity contribution in [1.29, 1.82) is 0 Å². The van der Waals surface area contributed by atoms with Gasteiger partial charge < -0.3 is 4.74 Å². The van der Waals surface area contributed by atoms with E-state index in [4.69, 9.17) is 4.74 Å². The second kappa shape index (κ2) is 13.8. The Bertz CT molecular complexity index is 2190. The predicted octanol–water partition coefficient (Wildman–Crippen LogP) is 8.76. The van der Waals surface area contributed by atoms with Gasteiger partial charge in [-0.1, -0.05) is 0 Å². The van der Waals surface area contributed by atoms with E-state index in [1.54, 1.807) is 0 Å². The van der Waals surface area contributed by atoms with Crippen LogP contribution >= 0.6 is 0 Å². The molecule has 6 rings (SSSR count). The Morgan fingerprint density at radius 3 is 1.11 bits per heavy atom. The van der Waals surface area contributed by atoms with E-state index in [9.17, 15) is 45.5 Å². The summed E-state index contributed by atoms with van der Waals surface area (Å²) in [7, 11) is 0. The van der Waals surface area contributed by atoms with Gasteiger partial charge in [-0.2, -0.15) is 36.5 Å². The van der Waals surface area contributed by atoms with Crippen molar-refractivity contribution < 1.29 is 50.3 Å². The van der Waals surface area contributed by atoms with Crippen LogP contribution in [-0.4, -0.2) is 42.7 Å². The Morgan fingerprint density at radius 1 is 0.509 bits per heavy atom. The van der Waals surface area contributed by atoms with Crippen LogP contribution in [0.25, 0.3) is 11.4 Å². The molecular formula is C38H24F6N4O5. The number of carbonyl (C=O) groups is 4. The summed E-state index contributed by atoms with van der Waals surface area (Å²) in [5, 5.41) is 8.26. The number of hydrogen-bond acceptors (Lipinski definition) is 7. The van der Waals surface area contributed by atoms with Gasteiger partial charge in [0.2, 0.25) is 11.6 Å². The zero-order chi connectivity index (χ0) is 38.2. The lowest BCUT2D eigenvalue weighted by molar-refractivity contribution is -0.138. The summed E-state index contributed by atoms with van der Waals surface area (Å²) >= 11 is 0. The molecule has 268 valence electrons. The molecule has 4 aromatic carbocycles. The van der Waals surface area contributed by atoms with Gasteiger partial charge in [0.25, 0.3) is 0 Å². The lowest BCUT2D eigenvalue weighted by atomic mass is 10.1. The summed E-state index contributed by atoms with van der Waals surface area (Å²) in [6.45, 7) is 2.48. The molecule has 0 radical (unpaired) electrons. The molecule has 53 heavy (non-hydrogen) atoms. The van der Waals surface area contributed by atoms with Crippen molar-refractivity contribution >= 4 is 23.1 Å². The van der Waals surface area contributed by atoms with Gasteiger partial charge in [0.15, 0.2) is 11.6 Å². The highest BCUT2D eigenvalue weighted by atomic mass is 19.4. The highest BCUT2D eigenvalue weighted by molar-refractivity contribution is 6.10. The van der Waals surface area contributed by atoms with E-state index in [1.165, 1.54) is 74.5 Å². The van der Waals surface area contributed by atoms with E-state index in [0.29, 0.717) is 11.5 Å². The first-order valence-corrected chi connectivity index (χ1v) is 15.5. The zero-order valence-electron chi connectivity index (χ0n) is 27.5. The van der Waals surface area contributed by atoms with Gasteiger partial charge in [0.05, 0.1) is 22.5 Å². The monoisotopic (exact) mass is 730 g/mol. The van der Waals surface area contributed by atoms with Gasteiger partial charge in [-0.25, -0.2) is 9.36 Å². The summed E-state index contributed by atoms with van der Waals surface area (Å²) < 4.78 is 86.6. The van der Waals surface area contributed by atoms with Gasteiger partial charge in [-0.3, -0.25) is 19.2 Å². The van der Waals surface area contributed by atoms with Crippen LogP contribution in [0.2, 0.25) is 0 Å². The second-order valence-corrected chi connectivity index (χ2v) is 11.7. The third-order valence-corrected chi connectivity index (χ3v) is 7.95. The summed E-state index contributed by atoms with van der Waals surface area (Å²) in [5.41, 5.74) is -1.41. The minimum atomic E-state index is -4.57. The average molecular weight is 731 g/mol. The fourth-order valence-corrected chi connectivity index (χ4v) is 5.19. The van der Waals surface area contributed by atoms with Gasteiger partial charge in [-0.05, 0) is 109 Å². The van der Waals surface area contributed by atoms with Crippen molar-refractivity contribution in [3.8, 4) is 22.9 Å². The molecule has 9 nitrogen and oxygen atoms in total. The molecule has 0 N–H and O–H groups in total. The molecule has 0 saturated heterocycles. The molecule has 0 fully saturated rings. The fourth-order valence-electron chi connectivity index (χ4n) is 5.19. The average Bonchev–Trinajstić information content (AvgIpc) is 3.78. The predicted molar refractivity (Wildman–Crippen MR) is 177 cm³/mol. The number of carbonyl (C=O) groups excluding carboxylic acids is 4. The van der Waals surface area contributed by atoms with E-state index in [2.05, 4.69) is 10.2 Å². The summed E-state index contributed by atoms with van der Waals surface area (Å²) in [4.78, 5) is 51.1. The van der Waals surface area contributed by atoms with E-state index in [1.807, 2.05) is 0 Å². The molecule has 0 aliphatic rings. The summed E-state index contributed by atoms with van der Waals surface area (Å²) in [5.74, 6) is -1.44. The molecule has 15 heteroatoms. The van der Waals surface area contributed by atoms with Gasteiger partial charge in [-0.15, -0.1) is 0 Å². The molecular weight excluding hydrogens is 706 g/mol. The topological polar surface area (TPSA) is 113 Å². The lowest BCUT2D eigenvalue weighted by Gasteiger charge is -2.11. The van der Waals surface area contributed by atoms with Crippen LogP contribution in [0.4, 0.5) is 26.3 Å². The smallest absolute Gasteiger partial charge is 0.416 e. The van der Waals surface area contributed by atoms with E-state index in [-0.39, 0.29) is 45.3 Å². The molecule has 0 saturated carbocycles. The molecule has 0 aliphatic heterocycles. The SMILES string of the molecule is CC(=O)c1cc(C(=O)c2ccc(Oc3ccc(C(=O)c4cc(C(C)=O)nn4-c4ccc(C(F)(F)F)cc4)cc3)cc2)n(-c2ccc(C(F)(F)F)cc2)n1. The van der Waals surface area contributed by atoms with Crippen molar-refractivity contribution in [2.75, 3.05) is 0 Å². The normalized spacial score (nSPS) is 11.7. The van der Waals surface area contributed by atoms with Crippen LogP contribution in [0, 0.1) is 0 Å². The second-order valence-electron chi connectivity index (χ2n) is 11.7. The van der Waals surface area contributed by atoms with Crippen molar-refractivity contribution in [1.82, 2.24) is 19.6 Å². The highest BCUT2D eigenvalue weighted by Gasteiger charge is 2.31. The van der Waals surface area contributed by atoms with Crippen LogP contribution in [0.3, 0.4) is 0 Å². The molecule has 0 aliphatic carbocycles. The Balaban J connectivity index is 1.19. The molecule has 0 spiro atoms. The van der Waals surface area contributed by atoms with E-state index in [0.717, 1.165) is 57.9 Å². The van der Waals surface area contributed by atoms with Crippen molar-refractivity contribution in [3.05, 3.63) is 154 Å². The Morgan fingerprint density at radius 2 is 0.830 bits per heavy atom. The Labute approximate surface area is 296 Å². The molecule has 2 aromatic heterocycles. The molecule has 6 aromatic rings. The highest BCUT2D eigenvalue weighted by Crippen LogP contribution is 2.32. The number of halogens is 6.